The summed E-state index contributed by atoms with van der Waals surface area (Å²) >= 11 is 0. The van der Waals surface area contributed by atoms with Gasteiger partial charge >= 0.3 is 0 Å². The fraction of sp³-hybridized carbons (Fsp3) is 0.167. The lowest BCUT2D eigenvalue weighted by Gasteiger charge is -2.06. The summed E-state index contributed by atoms with van der Waals surface area (Å²) in [6.07, 6.45) is 1.59. The molecule has 2 rings (SSSR count). The minimum Gasteiger partial charge on any atom is -0.494 e. The van der Waals surface area contributed by atoms with Crippen molar-refractivity contribution in [3.05, 3.63) is 41.3 Å². The predicted molar refractivity (Wildman–Crippen MR) is 64.2 cm³/mol. The van der Waals surface area contributed by atoms with E-state index in [-0.39, 0.29) is 11.3 Å². The number of anilines is 1. The third-order valence-corrected chi connectivity index (χ3v) is 2.48. The number of carbonyl (C=O) groups is 1. The Kier molecular flexibility index (Phi) is 3.27. The van der Waals surface area contributed by atoms with Crippen LogP contribution in [0.1, 0.15) is 15.9 Å². The average molecular weight is 249 g/mol. The fourth-order valence-electron chi connectivity index (χ4n) is 1.47. The van der Waals surface area contributed by atoms with Gasteiger partial charge in [0.25, 0.3) is 5.91 Å². The van der Waals surface area contributed by atoms with Crippen LogP contribution in [0.2, 0.25) is 0 Å². The number of aromatic nitrogens is 2. The molecule has 5 nitrogen and oxygen atoms in total. The van der Waals surface area contributed by atoms with Crippen molar-refractivity contribution in [2.45, 2.75) is 6.92 Å². The summed E-state index contributed by atoms with van der Waals surface area (Å²) in [7, 11) is 1.37. The van der Waals surface area contributed by atoms with E-state index in [9.17, 15) is 9.18 Å². The van der Waals surface area contributed by atoms with E-state index in [1.165, 1.54) is 19.2 Å². The van der Waals surface area contributed by atoms with Gasteiger partial charge < -0.3 is 10.1 Å². The van der Waals surface area contributed by atoms with Gasteiger partial charge in [-0.3, -0.25) is 9.89 Å². The van der Waals surface area contributed by atoms with Gasteiger partial charge in [-0.15, -0.1) is 0 Å². The summed E-state index contributed by atoms with van der Waals surface area (Å²) in [6, 6.07) is 4.02. The molecule has 1 aromatic carbocycles. The van der Waals surface area contributed by atoms with Gasteiger partial charge in [-0.1, -0.05) is 0 Å². The Morgan fingerprint density at radius 2 is 2.28 bits per heavy atom. The first-order valence-corrected chi connectivity index (χ1v) is 5.26. The summed E-state index contributed by atoms with van der Waals surface area (Å²) in [4.78, 5) is 11.8. The predicted octanol–water partition coefficient (Wildman–Crippen LogP) is 2.12. The van der Waals surface area contributed by atoms with Gasteiger partial charge in [0.05, 0.1) is 13.3 Å². The van der Waals surface area contributed by atoms with Crippen LogP contribution in [0.15, 0.2) is 24.4 Å². The number of hydrogen-bond donors (Lipinski definition) is 2. The standard InChI is InChI=1S/C12H12FN3O2/c1-7-6-14-16-11(7)15-12(17)8-3-4-10(18-2)9(13)5-8/h3-6H,1-2H3,(H2,14,15,16,17). The van der Waals surface area contributed by atoms with Crippen LogP contribution >= 0.6 is 0 Å². The SMILES string of the molecule is COc1ccc(C(=O)Nc2[nH]ncc2C)cc1F. The van der Waals surface area contributed by atoms with Crippen LogP contribution in [-0.2, 0) is 0 Å². The number of benzene rings is 1. The number of nitrogens with zero attached hydrogens (tertiary/aromatic N) is 1. The minimum absolute atomic E-state index is 0.101. The Balaban J connectivity index is 2.19. The molecule has 0 unspecified atom stereocenters. The Morgan fingerprint density at radius 3 is 2.83 bits per heavy atom. The maximum atomic E-state index is 13.4. The molecule has 2 N–H and O–H groups in total. The van der Waals surface area contributed by atoms with Crippen LogP contribution in [0.5, 0.6) is 5.75 Å². The van der Waals surface area contributed by atoms with E-state index >= 15 is 0 Å². The summed E-state index contributed by atoms with van der Waals surface area (Å²) in [5.41, 5.74) is 1.01. The van der Waals surface area contributed by atoms with E-state index in [0.717, 1.165) is 11.6 Å². The zero-order valence-electron chi connectivity index (χ0n) is 9.95. The molecule has 0 aliphatic rings. The first kappa shape index (κ1) is 12.1. The van der Waals surface area contributed by atoms with Crippen LogP contribution in [0.3, 0.4) is 0 Å². The summed E-state index contributed by atoms with van der Waals surface area (Å²) in [5, 5.41) is 9.03. The van der Waals surface area contributed by atoms with Crippen LogP contribution in [-0.4, -0.2) is 23.2 Å². The first-order valence-electron chi connectivity index (χ1n) is 5.26. The second-order valence-electron chi connectivity index (χ2n) is 3.73. The highest BCUT2D eigenvalue weighted by atomic mass is 19.1. The summed E-state index contributed by atoms with van der Waals surface area (Å²) < 4.78 is 18.2. The molecule has 1 aromatic heterocycles. The number of ether oxygens (including phenoxy) is 1. The Labute approximate surface area is 103 Å². The number of methoxy groups -OCH3 is 1. The lowest BCUT2D eigenvalue weighted by Crippen LogP contribution is -2.13. The van der Waals surface area contributed by atoms with Gasteiger partial charge in [-0.05, 0) is 25.1 Å². The maximum Gasteiger partial charge on any atom is 0.256 e. The molecule has 0 saturated heterocycles. The molecular weight excluding hydrogens is 237 g/mol. The van der Waals surface area contributed by atoms with Crippen molar-refractivity contribution >= 4 is 11.7 Å². The van der Waals surface area contributed by atoms with Crippen LogP contribution < -0.4 is 10.1 Å². The highest BCUT2D eigenvalue weighted by Gasteiger charge is 2.11. The number of carbonyl (C=O) groups excluding carboxylic acids is 1. The summed E-state index contributed by atoms with van der Waals surface area (Å²) in [5.74, 6) is -0.393. The third-order valence-electron chi connectivity index (χ3n) is 2.48. The molecule has 0 spiro atoms. The van der Waals surface area contributed by atoms with Crippen molar-refractivity contribution in [2.75, 3.05) is 12.4 Å². The molecule has 0 fully saturated rings. The fourth-order valence-corrected chi connectivity index (χ4v) is 1.47. The molecule has 0 atom stereocenters. The largest absolute Gasteiger partial charge is 0.494 e. The minimum atomic E-state index is -0.577. The first-order chi connectivity index (χ1) is 8.61. The van der Waals surface area contributed by atoms with E-state index in [2.05, 4.69) is 15.5 Å². The van der Waals surface area contributed by atoms with Crippen molar-refractivity contribution in [3.8, 4) is 5.75 Å². The summed E-state index contributed by atoms with van der Waals surface area (Å²) in [6.45, 7) is 1.80. The number of aromatic amines is 1. The molecule has 6 heteroatoms. The second kappa shape index (κ2) is 4.87. The normalized spacial score (nSPS) is 10.2. The number of aryl methyl sites for hydroxylation is 1. The number of rotatable bonds is 3. The lowest BCUT2D eigenvalue weighted by molar-refractivity contribution is 0.102. The molecule has 0 aliphatic carbocycles. The van der Waals surface area contributed by atoms with Gasteiger partial charge in [0.2, 0.25) is 0 Å². The molecule has 0 radical (unpaired) electrons. The average Bonchev–Trinajstić information content (AvgIpc) is 2.75. The molecule has 0 saturated carbocycles. The van der Waals surface area contributed by atoms with Crippen LogP contribution in [0, 0.1) is 12.7 Å². The molecule has 1 amide bonds. The Morgan fingerprint density at radius 1 is 1.50 bits per heavy atom. The van der Waals surface area contributed by atoms with E-state index in [1.807, 2.05) is 0 Å². The molecule has 0 bridgehead atoms. The zero-order valence-corrected chi connectivity index (χ0v) is 9.95. The Bertz CT molecular complexity index is 580. The van der Waals surface area contributed by atoms with Crippen LogP contribution in [0.4, 0.5) is 10.2 Å². The van der Waals surface area contributed by atoms with Crippen molar-refractivity contribution in [1.29, 1.82) is 0 Å². The van der Waals surface area contributed by atoms with Crippen molar-refractivity contribution in [2.24, 2.45) is 0 Å². The number of H-pyrrole nitrogens is 1. The number of hydrogen-bond acceptors (Lipinski definition) is 3. The molecule has 0 aliphatic heterocycles. The Hall–Kier alpha value is -2.37. The second-order valence-corrected chi connectivity index (χ2v) is 3.73. The van der Waals surface area contributed by atoms with Gasteiger partial charge in [0.15, 0.2) is 11.6 Å². The number of nitrogens with one attached hydrogen (secondary N) is 2. The van der Waals surface area contributed by atoms with E-state index < -0.39 is 11.7 Å². The van der Waals surface area contributed by atoms with Crippen LogP contribution in [0.25, 0.3) is 0 Å². The third kappa shape index (κ3) is 2.32. The van der Waals surface area contributed by atoms with Gasteiger partial charge in [-0.2, -0.15) is 5.10 Å². The molecule has 2 aromatic rings. The van der Waals surface area contributed by atoms with Gasteiger partial charge in [-0.25, -0.2) is 4.39 Å². The highest BCUT2D eigenvalue weighted by molar-refractivity contribution is 6.04. The highest BCUT2D eigenvalue weighted by Crippen LogP contribution is 2.18. The molecular formula is C12H12FN3O2. The van der Waals surface area contributed by atoms with Gasteiger partial charge in [0.1, 0.15) is 5.82 Å². The van der Waals surface area contributed by atoms with Crippen molar-refractivity contribution < 1.29 is 13.9 Å². The van der Waals surface area contributed by atoms with Crippen molar-refractivity contribution in [3.63, 3.8) is 0 Å². The number of amides is 1. The van der Waals surface area contributed by atoms with E-state index in [0.29, 0.717) is 5.82 Å². The topological polar surface area (TPSA) is 67.0 Å². The van der Waals surface area contributed by atoms with E-state index in [4.69, 9.17) is 4.74 Å². The monoisotopic (exact) mass is 249 g/mol. The smallest absolute Gasteiger partial charge is 0.256 e. The molecule has 94 valence electrons. The quantitative estimate of drug-likeness (QED) is 0.875. The maximum absolute atomic E-state index is 13.4. The molecule has 18 heavy (non-hydrogen) atoms. The van der Waals surface area contributed by atoms with Crippen molar-refractivity contribution in [1.82, 2.24) is 10.2 Å². The zero-order chi connectivity index (χ0) is 13.1. The lowest BCUT2D eigenvalue weighted by atomic mass is 10.2. The number of halogens is 1. The van der Waals surface area contributed by atoms with Gasteiger partial charge in [0, 0.05) is 11.1 Å². The molecule has 1 heterocycles. The van der Waals surface area contributed by atoms with E-state index in [1.54, 1.807) is 13.1 Å².